The molecule has 0 bridgehead atoms. The third kappa shape index (κ3) is 2.82. The number of hydrogen-bond donors (Lipinski definition) is 0. The van der Waals surface area contributed by atoms with Crippen molar-refractivity contribution in [3.8, 4) is 0 Å². The molecule has 0 spiro atoms. The smallest absolute Gasteiger partial charge is 0.197 e. The molecule has 0 aliphatic heterocycles. The van der Waals surface area contributed by atoms with E-state index in [2.05, 4.69) is 9.97 Å². The van der Waals surface area contributed by atoms with Crippen LogP contribution in [0.15, 0.2) is 18.6 Å². The van der Waals surface area contributed by atoms with Crippen LogP contribution in [0.25, 0.3) is 0 Å². The average molecular weight is 193 g/mol. The van der Waals surface area contributed by atoms with Crippen LogP contribution in [0.4, 0.5) is 0 Å². The maximum Gasteiger partial charge on any atom is 0.197 e. The summed E-state index contributed by atoms with van der Waals surface area (Å²) in [6.45, 7) is 0. The average Bonchev–Trinajstić information content (AvgIpc) is 2.05. The number of carbonyl (C=O) groups is 1. The van der Waals surface area contributed by atoms with Gasteiger partial charge in [0, 0.05) is 12.4 Å². The van der Waals surface area contributed by atoms with Crippen LogP contribution in [0.3, 0.4) is 0 Å². The van der Waals surface area contributed by atoms with Gasteiger partial charge in [-0.25, -0.2) is 4.98 Å². The SMILES string of the molecule is Cl.O=C(CCl)c1cnccn1. The second-order valence-electron chi connectivity index (χ2n) is 1.65. The normalized spacial score (nSPS) is 8.45. The molecular weight excluding hydrogens is 187 g/mol. The summed E-state index contributed by atoms with van der Waals surface area (Å²) < 4.78 is 0. The van der Waals surface area contributed by atoms with Crippen molar-refractivity contribution in [1.82, 2.24) is 9.97 Å². The van der Waals surface area contributed by atoms with Gasteiger partial charge in [0.25, 0.3) is 0 Å². The zero-order valence-electron chi connectivity index (χ0n) is 5.53. The molecule has 0 atom stereocenters. The van der Waals surface area contributed by atoms with Crippen LogP contribution in [0.5, 0.6) is 0 Å². The summed E-state index contributed by atoms with van der Waals surface area (Å²) in [4.78, 5) is 18.2. The van der Waals surface area contributed by atoms with Gasteiger partial charge >= 0.3 is 0 Å². The number of Topliss-reactive ketones (excluding diaryl/α,β-unsaturated/α-hetero) is 1. The highest BCUT2D eigenvalue weighted by Gasteiger charge is 2.02. The first-order valence-electron chi connectivity index (χ1n) is 2.70. The zero-order valence-corrected chi connectivity index (χ0v) is 7.10. The monoisotopic (exact) mass is 192 g/mol. The summed E-state index contributed by atoms with van der Waals surface area (Å²) >= 11 is 5.27. The molecule has 0 fully saturated rings. The fourth-order valence-electron chi connectivity index (χ4n) is 0.512. The van der Waals surface area contributed by atoms with E-state index in [0.29, 0.717) is 5.69 Å². The Bertz CT molecular complexity index is 227. The van der Waals surface area contributed by atoms with Gasteiger partial charge in [0.1, 0.15) is 5.69 Å². The van der Waals surface area contributed by atoms with Crippen molar-refractivity contribution in [3.05, 3.63) is 24.3 Å². The zero-order chi connectivity index (χ0) is 7.40. The van der Waals surface area contributed by atoms with E-state index < -0.39 is 0 Å². The van der Waals surface area contributed by atoms with Crippen LogP contribution in [0, 0.1) is 0 Å². The maximum atomic E-state index is 10.8. The molecule has 0 aliphatic carbocycles. The van der Waals surface area contributed by atoms with Crippen LogP contribution in [-0.2, 0) is 0 Å². The van der Waals surface area contributed by atoms with E-state index in [0.717, 1.165) is 0 Å². The summed E-state index contributed by atoms with van der Waals surface area (Å²) in [7, 11) is 0. The third-order valence-electron chi connectivity index (χ3n) is 0.970. The van der Waals surface area contributed by atoms with E-state index in [4.69, 9.17) is 11.6 Å². The first kappa shape index (κ1) is 10.3. The summed E-state index contributed by atoms with van der Waals surface area (Å²) in [5.41, 5.74) is 0.317. The Morgan fingerprint density at radius 3 is 2.73 bits per heavy atom. The molecule has 0 aliphatic rings. The Labute approximate surface area is 75.2 Å². The molecule has 1 aromatic heterocycles. The molecule has 60 valence electrons. The molecule has 0 unspecified atom stereocenters. The molecule has 0 saturated carbocycles. The van der Waals surface area contributed by atoms with E-state index in [1.165, 1.54) is 18.6 Å². The van der Waals surface area contributed by atoms with Crippen molar-refractivity contribution in [2.45, 2.75) is 0 Å². The van der Waals surface area contributed by atoms with Gasteiger partial charge in [0.15, 0.2) is 5.78 Å². The lowest BCUT2D eigenvalue weighted by molar-refractivity contribution is 0.101. The van der Waals surface area contributed by atoms with Gasteiger partial charge < -0.3 is 0 Å². The van der Waals surface area contributed by atoms with Crippen LogP contribution >= 0.6 is 24.0 Å². The number of alkyl halides is 1. The van der Waals surface area contributed by atoms with Gasteiger partial charge in [-0.3, -0.25) is 9.78 Å². The fraction of sp³-hybridized carbons (Fsp3) is 0.167. The minimum Gasteiger partial charge on any atom is -0.291 e. The summed E-state index contributed by atoms with van der Waals surface area (Å²) in [6.07, 6.45) is 4.36. The first-order chi connectivity index (χ1) is 4.84. The minimum absolute atomic E-state index is 0. The highest BCUT2D eigenvalue weighted by Crippen LogP contribution is 1.93. The van der Waals surface area contributed by atoms with E-state index in [9.17, 15) is 4.79 Å². The van der Waals surface area contributed by atoms with Crippen LogP contribution < -0.4 is 0 Å². The minimum atomic E-state index is -0.199. The molecule has 3 nitrogen and oxygen atoms in total. The Balaban J connectivity index is 0.000001000. The van der Waals surface area contributed by atoms with E-state index in [-0.39, 0.29) is 24.1 Å². The molecule has 0 amide bonds. The molecule has 5 heteroatoms. The third-order valence-corrected chi connectivity index (χ3v) is 1.21. The molecular formula is C6H6Cl2N2O. The van der Waals surface area contributed by atoms with Gasteiger partial charge in [0.05, 0.1) is 12.1 Å². The number of ketones is 1. The second kappa shape index (κ2) is 5.04. The Morgan fingerprint density at radius 1 is 1.55 bits per heavy atom. The lowest BCUT2D eigenvalue weighted by Crippen LogP contribution is -2.02. The molecule has 0 aromatic carbocycles. The second-order valence-corrected chi connectivity index (χ2v) is 1.91. The molecule has 0 N–H and O–H groups in total. The lowest BCUT2D eigenvalue weighted by Gasteiger charge is -1.90. The quantitative estimate of drug-likeness (QED) is 0.525. The summed E-state index contributed by atoms with van der Waals surface area (Å²) in [5, 5.41) is 0. The lowest BCUT2D eigenvalue weighted by atomic mass is 10.3. The van der Waals surface area contributed by atoms with Gasteiger partial charge in [-0.05, 0) is 0 Å². The topological polar surface area (TPSA) is 42.9 Å². The number of nitrogens with zero attached hydrogens (tertiary/aromatic N) is 2. The first-order valence-corrected chi connectivity index (χ1v) is 3.23. The van der Waals surface area contributed by atoms with Crippen molar-refractivity contribution < 1.29 is 4.79 Å². The number of hydrogen-bond acceptors (Lipinski definition) is 3. The molecule has 11 heavy (non-hydrogen) atoms. The number of rotatable bonds is 2. The van der Waals surface area contributed by atoms with Crippen molar-refractivity contribution in [2.24, 2.45) is 0 Å². The fourth-order valence-corrected chi connectivity index (χ4v) is 0.648. The molecule has 0 saturated heterocycles. The molecule has 1 rings (SSSR count). The predicted octanol–water partition coefficient (Wildman–Crippen LogP) is 1.32. The standard InChI is InChI=1S/C6H5ClN2O.ClH/c7-3-6(10)5-4-8-1-2-9-5;/h1-2,4H,3H2;1H. The Kier molecular flexibility index (Phi) is 4.74. The predicted molar refractivity (Wildman–Crippen MR) is 44.3 cm³/mol. The van der Waals surface area contributed by atoms with Gasteiger partial charge in [-0.2, -0.15) is 0 Å². The van der Waals surface area contributed by atoms with E-state index in [1.54, 1.807) is 0 Å². The van der Waals surface area contributed by atoms with E-state index in [1.807, 2.05) is 0 Å². The maximum absolute atomic E-state index is 10.8. The molecule has 1 aromatic rings. The largest absolute Gasteiger partial charge is 0.291 e. The van der Waals surface area contributed by atoms with E-state index >= 15 is 0 Å². The van der Waals surface area contributed by atoms with Gasteiger partial charge in [-0.15, -0.1) is 24.0 Å². The van der Waals surface area contributed by atoms with Crippen molar-refractivity contribution in [1.29, 1.82) is 0 Å². The highest BCUT2D eigenvalue weighted by atomic mass is 35.5. The summed E-state index contributed by atoms with van der Waals surface area (Å²) in [5.74, 6) is -0.242. The molecule has 0 radical (unpaired) electrons. The van der Waals surface area contributed by atoms with Crippen LogP contribution in [-0.4, -0.2) is 21.6 Å². The van der Waals surface area contributed by atoms with Crippen molar-refractivity contribution in [3.63, 3.8) is 0 Å². The van der Waals surface area contributed by atoms with Crippen molar-refractivity contribution >= 4 is 29.8 Å². The van der Waals surface area contributed by atoms with Gasteiger partial charge in [0.2, 0.25) is 0 Å². The van der Waals surface area contributed by atoms with Crippen LogP contribution in [0.1, 0.15) is 10.5 Å². The number of aromatic nitrogens is 2. The van der Waals surface area contributed by atoms with Crippen molar-refractivity contribution in [2.75, 3.05) is 5.88 Å². The Hall–Kier alpha value is -0.670. The number of carbonyl (C=O) groups excluding carboxylic acids is 1. The number of halogens is 2. The summed E-state index contributed by atoms with van der Waals surface area (Å²) in [6, 6.07) is 0. The highest BCUT2D eigenvalue weighted by molar-refractivity contribution is 6.30. The van der Waals surface area contributed by atoms with Crippen LogP contribution in [0.2, 0.25) is 0 Å². The Morgan fingerprint density at radius 2 is 2.27 bits per heavy atom. The molecule has 1 heterocycles. The van der Waals surface area contributed by atoms with Gasteiger partial charge in [-0.1, -0.05) is 0 Å².